The van der Waals surface area contributed by atoms with Crippen molar-refractivity contribution in [3.63, 3.8) is 0 Å². The van der Waals surface area contributed by atoms with Gasteiger partial charge >= 0.3 is 0 Å². The highest BCUT2D eigenvalue weighted by molar-refractivity contribution is 6.32. The number of benzene rings is 1. The van der Waals surface area contributed by atoms with Crippen molar-refractivity contribution in [2.75, 3.05) is 20.3 Å². The van der Waals surface area contributed by atoms with E-state index in [4.69, 9.17) is 25.8 Å². The van der Waals surface area contributed by atoms with Crippen molar-refractivity contribution in [3.8, 4) is 17.2 Å². The van der Waals surface area contributed by atoms with Crippen LogP contribution in [-0.4, -0.2) is 26.4 Å². The fourth-order valence-corrected chi connectivity index (χ4v) is 2.65. The third-order valence-corrected chi connectivity index (χ3v) is 3.67. The van der Waals surface area contributed by atoms with Gasteiger partial charge in [0.1, 0.15) is 24.5 Å². The molecule has 1 saturated carbocycles. The van der Waals surface area contributed by atoms with E-state index in [2.05, 4.69) is 4.99 Å². The first-order chi connectivity index (χ1) is 9.22. The summed E-state index contributed by atoms with van der Waals surface area (Å²) >= 11 is 6.20. The second kappa shape index (κ2) is 4.44. The number of hydrogen-bond acceptors (Lipinski definition) is 5. The second-order valence-corrected chi connectivity index (χ2v) is 4.93. The van der Waals surface area contributed by atoms with Gasteiger partial charge in [0.05, 0.1) is 17.7 Å². The molecule has 0 saturated heterocycles. The summed E-state index contributed by atoms with van der Waals surface area (Å²) in [6, 6.07) is 1.67. The lowest BCUT2D eigenvalue weighted by Crippen LogP contribution is -2.19. The first-order valence-electron chi connectivity index (χ1n) is 5.97. The average molecular weight is 282 g/mol. The van der Waals surface area contributed by atoms with Crippen LogP contribution in [-0.2, 0) is 10.3 Å². The van der Waals surface area contributed by atoms with Crippen molar-refractivity contribution in [3.05, 3.63) is 16.7 Å². The quantitative estimate of drug-likeness (QED) is 0.631. The molecular weight excluding hydrogens is 270 g/mol. The number of isocyanates is 1. The van der Waals surface area contributed by atoms with Crippen LogP contribution in [0.5, 0.6) is 17.2 Å². The molecule has 0 aromatic heterocycles. The Bertz CT molecular complexity index is 576. The third-order valence-electron chi connectivity index (χ3n) is 3.39. The van der Waals surface area contributed by atoms with Crippen LogP contribution in [0.25, 0.3) is 0 Å². The van der Waals surface area contributed by atoms with E-state index in [9.17, 15) is 4.79 Å². The summed E-state index contributed by atoms with van der Waals surface area (Å²) in [4.78, 5) is 14.6. The van der Waals surface area contributed by atoms with Crippen molar-refractivity contribution in [2.24, 2.45) is 4.99 Å². The Labute approximate surface area is 115 Å². The summed E-state index contributed by atoms with van der Waals surface area (Å²) in [7, 11) is 1.53. The number of ether oxygens (including phenoxy) is 3. The zero-order valence-corrected chi connectivity index (χ0v) is 11.1. The standard InChI is InChI=1S/C13H12ClNO4/c1-17-11-8(14)6-9-12(19-5-4-18-9)10(11)13(2-3-13)15-7-16/h6H,2-5H2,1H3. The van der Waals surface area contributed by atoms with Crippen molar-refractivity contribution in [1.82, 2.24) is 0 Å². The highest BCUT2D eigenvalue weighted by Crippen LogP contribution is 2.59. The predicted octanol–water partition coefficient (Wildman–Crippen LogP) is 2.44. The highest BCUT2D eigenvalue weighted by atomic mass is 35.5. The van der Waals surface area contributed by atoms with E-state index in [1.54, 1.807) is 12.1 Å². The van der Waals surface area contributed by atoms with E-state index < -0.39 is 5.54 Å². The Morgan fingerprint density at radius 2 is 2.16 bits per heavy atom. The van der Waals surface area contributed by atoms with Gasteiger partial charge in [0.15, 0.2) is 11.5 Å². The zero-order chi connectivity index (χ0) is 13.5. The lowest BCUT2D eigenvalue weighted by molar-refractivity contribution is 0.167. The summed E-state index contributed by atoms with van der Waals surface area (Å²) in [6.45, 7) is 0.921. The molecule has 0 N–H and O–H groups in total. The van der Waals surface area contributed by atoms with E-state index >= 15 is 0 Å². The molecule has 5 nitrogen and oxygen atoms in total. The molecule has 1 aromatic rings. The van der Waals surface area contributed by atoms with Crippen molar-refractivity contribution in [1.29, 1.82) is 0 Å². The average Bonchev–Trinajstić information content (AvgIpc) is 3.18. The molecule has 100 valence electrons. The van der Waals surface area contributed by atoms with Gasteiger partial charge in [-0.25, -0.2) is 4.79 Å². The van der Waals surface area contributed by atoms with E-state index in [-0.39, 0.29) is 0 Å². The Morgan fingerprint density at radius 3 is 2.79 bits per heavy atom. The Balaban J connectivity index is 2.25. The molecule has 0 radical (unpaired) electrons. The maximum Gasteiger partial charge on any atom is 0.235 e. The summed E-state index contributed by atoms with van der Waals surface area (Å²) < 4.78 is 16.6. The minimum atomic E-state index is -0.622. The van der Waals surface area contributed by atoms with Crippen molar-refractivity contribution < 1.29 is 19.0 Å². The monoisotopic (exact) mass is 281 g/mol. The lowest BCUT2D eigenvalue weighted by Gasteiger charge is -2.25. The van der Waals surface area contributed by atoms with Gasteiger partial charge < -0.3 is 14.2 Å². The van der Waals surface area contributed by atoms with Gasteiger partial charge in [0, 0.05) is 6.07 Å². The number of aliphatic imine (C=N–C) groups is 1. The SMILES string of the molecule is COc1c(Cl)cc2c(c1C1(N=C=O)CC1)OCCO2. The van der Waals surface area contributed by atoms with Gasteiger partial charge in [-0.3, -0.25) is 0 Å². The number of halogens is 1. The maximum absolute atomic E-state index is 10.6. The van der Waals surface area contributed by atoms with Gasteiger partial charge in [-0.2, -0.15) is 4.99 Å². The van der Waals surface area contributed by atoms with Crippen LogP contribution in [0.3, 0.4) is 0 Å². The van der Waals surface area contributed by atoms with E-state index in [1.807, 2.05) is 0 Å². The minimum absolute atomic E-state index is 0.425. The van der Waals surface area contributed by atoms with Crippen LogP contribution >= 0.6 is 11.6 Å². The molecule has 0 atom stereocenters. The van der Waals surface area contributed by atoms with Crippen molar-refractivity contribution >= 4 is 17.7 Å². The molecule has 0 spiro atoms. The number of rotatable bonds is 3. The second-order valence-electron chi connectivity index (χ2n) is 4.53. The summed E-state index contributed by atoms with van der Waals surface area (Å²) in [5.41, 5.74) is 0.0727. The van der Waals surface area contributed by atoms with E-state index in [1.165, 1.54) is 7.11 Å². The molecule has 2 aliphatic rings. The van der Waals surface area contributed by atoms with Gasteiger partial charge in [-0.15, -0.1) is 0 Å². The first kappa shape index (κ1) is 12.3. The topological polar surface area (TPSA) is 57.1 Å². The largest absolute Gasteiger partial charge is 0.495 e. The van der Waals surface area contributed by atoms with Crippen LogP contribution in [0.15, 0.2) is 11.1 Å². The molecule has 3 rings (SSSR count). The summed E-state index contributed by atoms with van der Waals surface area (Å²) in [5.74, 6) is 1.63. The van der Waals surface area contributed by atoms with Gasteiger partial charge in [0.25, 0.3) is 0 Å². The molecular formula is C13H12ClNO4. The van der Waals surface area contributed by atoms with Gasteiger partial charge in [0.2, 0.25) is 6.08 Å². The highest BCUT2D eigenvalue weighted by Gasteiger charge is 2.50. The van der Waals surface area contributed by atoms with E-state index in [0.29, 0.717) is 41.0 Å². The molecule has 1 aromatic carbocycles. The molecule has 1 heterocycles. The number of nitrogens with zero attached hydrogens (tertiary/aromatic N) is 1. The van der Waals surface area contributed by atoms with Crippen molar-refractivity contribution in [2.45, 2.75) is 18.4 Å². The minimum Gasteiger partial charge on any atom is -0.495 e. The summed E-state index contributed by atoms with van der Waals surface area (Å²) in [6.07, 6.45) is 3.12. The first-order valence-corrected chi connectivity index (χ1v) is 6.35. The smallest absolute Gasteiger partial charge is 0.235 e. The Morgan fingerprint density at radius 1 is 1.42 bits per heavy atom. The fourth-order valence-electron chi connectivity index (χ4n) is 2.38. The number of methoxy groups -OCH3 is 1. The molecule has 19 heavy (non-hydrogen) atoms. The molecule has 1 fully saturated rings. The molecule has 1 aliphatic heterocycles. The van der Waals surface area contributed by atoms with E-state index in [0.717, 1.165) is 12.8 Å². The van der Waals surface area contributed by atoms with Gasteiger partial charge in [-0.1, -0.05) is 11.6 Å². The fraction of sp³-hybridized carbons (Fsp3) is 0.462. The normalized spacial score (nSPS) is 18.4. The molecule has 0 amide bonds. The number of carbonyl (C=O) groups excluding carboxylic acids is 1. The van der Waals surface area contributed by atoms with Crippen LogP contribution in [0.1, 0.15) is 18.4 Å². The van der Waals surface area contributed by atoms with Crippen LogP contribution in [0, 0.1) is 0 Å². The van der Waals surface area contributed by atoms with Crippen LogP contribution in [0.4, 0.5) is 0 Å². The Hall–Kier alpha value is -1.71. The lowest BCUT2D eigenvalue weighted by atomic mass is 10.0. The Kier molecular flexibility index (Phi) is 2.88. The van der Waals surface area contributed by atoms with Crippen LogP contribution < -0.4 is 14.2 Å². The zero-order valence-electron chi connectivity index (χ0n) is 10.4. The number of hydrogen-bond donors (Lipinski definition) is 0. The molecule has 6 heteroatoms. The molecule has 0 bridgehead atoms. The third kappa shape index (κ3) is 1.86. The molecule has 0 unspecified atom stereocenters. The van der Waals surface area contributed by atoms with Crippen LogP contribution in [0.2, 0.25) is 5.02 Å². The predicted molar refractivity (Wildman–Crippen MR) is 68.0 cm³/mol. The maximum atomic E-state index is 10.6. The number of fused-ring (bicyclic) bond motifs is 1. The summed E-state index contributed by atoms with van der Waals surface area (Å²) in [5, 5.41) is 0.425. The molecule has 1 aliphatic carbocycles. The van der Waals surface area contributed by atoms with Gasteiger partial charge in [-0.05, 0) is 12.8 Å².